The smallest absolute Gasteiger partial charge is 0.203 e. The molecule has 1 aromatic carbocycles. The number of nitrogens with two attached hydrogens (primary N) is 1. The van der Waals surface area contributed by atoms with E-state index in [-0.39, 0.29) is 5.84 Å². The highest BCUT2D eigenvalue weighted by Gasteiger charge is 2.18. The number of nitrogens with zero attached hydrogens (tertiary/aromatic N) is 1. The molecule has 0 saturated carbocycles. The van der Waals surface area contributed by atoms with Gasteiger partial charge in [0, 0.05) is 5.56 Å². The topological polar surface area (TPSA) is 86.3 Å². The van der Waals surface area contributed by atoms with E-state index in [9.17, 15) is 5.21 Å². The lowest BCUT2D eigenvalue weighted by molar-refractivity contribution is 0.234. The molecule has 0 bridgehead atoms. The second kappa shape index (κ2) is 34.3. The summed E-state index contributed by atoms with van der Waals surface area (Å²) in [6.07, 6.45) is 38.5. The highest BCUT2D eigenvalue weighted by molar-refractivity contribution is 5.98. The second-order valence-electron chi connectivity index (χ2n) is 14.4. The van der Waals surface area contributed by atoms with Crippen molar-refractivity contribution in [2.75, 3.05) is 19.8 Å². The summed E-state index contributed by atoms with van der Waals surface area (Å²) in [5.74, 6) is 1.97. The van der Waals surface area contributed by atoms with Crippen molar-refractivity contribution in [2.24, 2.45) is 10.9 Å². The molecule has 0 heterocycles. The summed E-state index contributed by atoms with van der Waals surface area (Å²) < 4.78 is 19.1. The van der Waals surface area contributed by atoms with E-state index in [0.29, 0.717) is 42.6 Å². The highest BCUT2D eigenvalue weighted by Crippen LogP contribution is 2.39. The zero-order valence-corrected chi connectivity index (χ0v) is 32.7. The number of ether oxygens (including phenoxy) is 3. The van der Waals surface area contributed by atoms with E-state index in [4.69, 9.17) is 19.9 Å². The van der Waals surface area contributed by atoms with Crippen LogP contribution in [0.25, 0.3) is 0 Å². The molecular formula is C43H80N2O4. The Kier molecular flexibility index (Phi) is 31.5. The zero-order valence-electron chi connectivity index (χ0n) is 32.7. The summed E-state index contributed by atoms with van der Waals surface area (Å²) in [7, 11) is 0. The van der Waals surface area contributed by atoms with Crippen molar-refractivity contribution < 1.29 is 19.4 Å². The van der Waals surface area contributed by atoms with Crippen LogP contribution in [0.1, 0.15) is 219 Å². The average Bonchev–Trinajstić information content (AvgIpc) is 3.11. The standard InChI is InChI=1S/C43H80N2O4/c1-4-7-10-13-16-19-22-25-28-31-34-47-40-37-39(43(44)45-46)38-41(48-35-32-29-26-23-20-17-14-11-8-5-2)42(40)49-36-33-30-27-24-21-18-15-12-9-6-3/h37-38,46H,4-36H2,1-3H3,(H2,44,45). The Bertz CT molecular complexity index is 844. The fourth-order valence-electron chi connectivity index (χ4n) is 6.45. The Hall–Kier alpha value is -2.11. The minimum absolute atomic E-state index is 0.0498. The van der Waals surface area contributed by atoms with E-state index in [1.807, 2.05) is 12.1 Å². The van der Waals surface area contributed by atoms with Crippen molar-refractivity contribution >= 4 is 5.84 Å². The van der Waals surface area contributed by atoms with E-state index in [2.05, 4.69) is 25.9 Å². The first-order valence-electron chi connectivity index (χ1n) is 21.2. The maximum Gasteiger partial charge on any atom is 0.203 e. The molecule has 0 aliphatic rings. The monoisotopic (exact) mass is 689 g/mol. The molecule has 0 aliphatic carbocycles. The van der Waals surface area contributed by atoms with Gasteiger partial charge in [-0.25, -0.2) is 0 Å². The van der Waals surface area contributed by atoms with Crippen molar-refractivity contribution in [3.05, 3.63) is 17.7 Å². The fraction of sp³-hybridized carbons (Fsp3) is 0.837. The Morgan fingerprint density at radius 1 is 0.449 bits per heavy atom. The quantitative estimate of drug-likeness (QED) is 0.0239. The van der Waals surface area contributed by atoms with E-state index < -0.39 is 0 Å². The average molecular weight is 689 g/mol. The maximum absolute atomic E-state index is 9.46. The van der Waals surface area contributed by atoms with Gasteiger partial charge in [0.25, 0.3) is 0 Å². The van der Waals surface area contributed by atoms with Crippen molar-refractivity contribution in [3.63, 3.8) is 0 Å². The number of amidine groups is 1. The second-order valence-corrected chi connectivity index (χ2v) is 14.4. The van der Waals surface area contributed by atoms with Crippen LogP contribution in [-0.4, -0.2) is 30.9 Å². The van der Waals surface area contributed by atoms with E-state index in [0.717, 1.165) is 32.1 Å². The molecule has 0 fully saturated rings. The minimum Gasteiger partial charge on any atom is -0.490 e. The summed E-state index contributed by atoms with van der Waals surface area (Å²) in [6.45, 7) is 8.67. The van der Waals surface area contributed by atoms with Gasteiger partial charge < -0.3 is 25.2 Å². The molecule has 0 unspecified atom stereocenters. The summed E-state index contributed by atoms with van der Waals surface area (Å²) in [4.78, 5) is 0. The van der Waals surface area contributed by atoms with Crippen molar-refractivity contribution in [1.82, 2.24) is 0 Å². The van der Waals surface area contributed by atoms with Crippen LogP contribution in [0.3, 0.4) is 0 Å². The molecule has 3 N–H and O–H groups in total. The molecule has 6 nitrogen and oxygen atoms in total. The van der Waals surface area contributed by atoms with Gasteiger partial charge in [-0.3, -0.25) is 0 Å². The van der Waals surface area contributed by atoms with Gasteiger partial charge in [0.15, 0.2) is 17.3 Å². The summed E-state index contributed by atoms with van der Waals surface area (Å²) in [5, 5.41) is 12.7. The van der Waals surface area contributed by atoms with Crippen LogP contribution < -0.4 is 19.9 Å². The highest BCUT2D eigenvalue weighted by atomic mass is 16.5. The van der Waals surface area contributed by atoms with Crippen molar-refractivity contribution in [2.45, 2.75) is 213 Å². The lowest BCUT2D eigenvalue weighted by Crippen LogP contribution is -2.15. The number of benzene rings is 1. The molecule has 1 aromatic rings. The minimum atomic E-state index is 0.0498. The van der Waals surface area contributed by atoms with Crippen LogP contribution in [0.15, 0.2) is 17.3 Å². The molecule has 0 aromatic heterocycles. The van der Waals surface area contributed by atoms with Gasteiger partial charge >= 0.3 is 0 Å². The predicted molar refractivity (Wildman–Crippen MR) is 211 cm³/mol. The maximum atomic E-state index is 9.46. The Morgan fingerprint density at radius 2 is 0.714 bits per heavy atom. The van der Waals surface area contributed by atoms with Gasteiger partial charge in [0.1, 0.15) is 0 Å². The molecule has 6 heteroatoms. The molecule has 0 saturated heterocycles. The van der Waals surface area contributed by atoms with Gasteiger partial charge in [0.2, 0.25) is 5.75 Å². The largest absolute Gasteiger partial charge is 0.490 e. The van der Waals surface area contributed by atoms with Gasteiger partial charge in [0.05, 0.1) is 19.8 Å². The van der Waals surface area contributed by atoms with Crippen LogP contribution in [0, 0.1) is 0 Å². The molecule has 49 heavy (non-hydrogen) atoms. The van der Waals surface area contributed by atoms with Crippen LogP contribution in [0.4, 0.5) is 0 Å². The summed E-state index contributed by atoms with van der Waals surface area (Å²) in [5.41, 5.74) is 6.65. The van der Waals surface area contributed by atoms with Crippen LogP contribution in [-0.2, 0) is 0 Å². The molecule has 286 valence electrons. The van der Waals surface area contributed by atoms with Crippen LogP contribution >= 0.6 is 0 Å². The Labute approximate surface area is 303 Å². The first kappa shape index (κ1) is 44.9. The molecule has 0 spiro atoms. The molecule has 0 amide bonds. The van der Waals surface area contributed by atoms with Gasteiger partial charge in [-0.1, -0.05) is 199 Å². The lowest BCUT2D eigenvalue weighted by atomic mass is 10.1. The van der Waals surface area contributed by atoms with Crippen LogP contribution in [0.2, 0.25) is 0 Å². The molecule has 1 rings (SSSR count). The fourth-order valence-corrected chi connectivity index (χ4v) is 6.45. The number of rotatable bonds is 37. The summed E-state index contributed by atoms with van der Waals surface area (Å²) in [6, 6.07) is 3.68. The van der Waals surface area contributed by atoms with Crippen LogP contribution in [0.5, 0.6) is 17.2 Å². The third-order valence-corrected chi connectivity index (χ3v) is 9.68. The van der Waals surface area contributed by atoms with Crippen molar-refractivity contribution in [1.29, 1.82) is 0 Å². The summed E-state index contributed by atoms with van der Waals surface area (Å²) >= 11 is 0. The third kappa shape index (κ3) is 25.5. The zero-order chi connectivity index (χ0) is 35.5. The normalized spacial score (nSPS) is 11.7. The third-order valence-electron chi connectivity index (χ3n) is 9.68. The van der Waals surface area contributed by atoms with Gasteiger partial charge in [-0.2, -0.15) is 0 Å². The van der Waals surface area contributed by atoms with Crippen molar-refractivity contribution in [3.8, 4) is 17.2 Å². The number of oxime groups is 1. The Balaban J connectivity index is 2.68. The molecule has 0 aliphatic heterocycles. The first-order chi connectivity index (χ1) is 24.2. The first-order valence-corrected chi connectivity index (χ1v) is 21.2. The van der Waals surface area contributed by atoms with Gasteiger partial charge in [-0.15, -0.1) is 0 Å². The predicted octanol–water partition coefficient (Wildman–Crippen LogP) is 13.7. The SMILES string of the molecule is CCCCCCCCCCCCOc1cc(/C(N)=N/O)cc(OCCCCCCCCCCCC)c1OCCCCCCCCCCCC. The van der Waals surface area contributed by atoms with Gasteiger partial charge in [-0.05, 0) is 31.4 Å². The number of hydrogen-bond donors (Lipinski definition) is 2. The van der Waals surface area contributed by atoms with E-state index in [1.54, 1.807) is 0 Å². The van der Waals surface area contributed by atoms with E-state index >= 15 is 0 Å². The number of unbranched alkanes of at least 4 members (excludes halogenated alkanes) is 27. The number of hydrogen-bond acceptors (Lipinski definition) is 5. The molecule has 0 atom stereocenters. The van der Waals surface area contributed by atoms with E-state index in [1.165, 1.54) is 161 Å². The Morgan fingerprint density at radius 3 is 1.00 bits per heavy atom. The molecule has 0 radical (unpaired) electrons. The lowest BCUT2D eigenvalue weighted by Gasteiger charge is -2.19. The molecular weight excluding hydrogens is 608 g/mol.